The number of unbranched alkanes of at least 4 members (excludes halogenated alkanes) is 24. The molecule has 0 aliphatic rings. The summed E-state index contributed by atoms with van der Waals surface area (Å²) in [6.45, 7) is 2.29. The molecule has 1 N–H and O–H groups in total. The normalized spacial score (nSPS) is 12.2. The fourth-order valence-corrected chi connectivity index (χ4v) is 5.22. The van der Waals surface area contributed by atoms with Crippen LogP contribution in [0.25, 0.3) is 0 Å². The van der Waals surface area contributed by atoms with E-state index < -0.39 is 10.1 Å². The van der Waals surface area contributed by atoms with Crippen molar-refractivity contribution in [3.05, 3.63) is 12.2 Å². The lowest BCUT2D eigenvalue weighted by molar-refractivity contribution is 0.478. The van der Waals surface area contributed by atoms with Gasteiger partial charge in [-0.25, -0.2) is 0 Å². The average Bonchev–Trinajstić information content (AvgIpc) is 2.80. The Balaban J connectivity index is 3.11. The van der Waals surface area contributed by atoms with Crippen molar-refractivity contribution in [2.24, 2.45) is 0 Å². The molecule has 0 aromatic rings. The minimum Gasteiger partial charge on any atom is -0.286 e. The molecule has 0 rings (SSSR count). The van der Waals surface area contributed by atoms with E-state index >= 15 is 0 Å². The van der Waals surface area contributed by atoms with Gasteiger partial charge in [-0.2, -0.15) is 8.42 Å². The fourth-order valence-electron chi connectivity index (χ4n) is 4.65. The van der Waals surface area contributed by atoms with Crippen molar-refractivity contribution in [2.75, 3.05) is 5.75 Å². The molecule has 0 aromatic carbocycles. The second-order valence-electron chi connectivity index (χ2n) is 10.5. The van der Waals surface area contributed by atoms with Crippen molar-refractivity contribution < 1.29 is 13.0 Å². The molecule has 0 aromatic heterocycles. The van der Waals surface area contributed by atoms with Crippen LogP contribution in [-0.4, -0.2) is 18.7 Å². The highest BCUT2D eigenvalue weighted by atomic mass is 32.2. The molecule has 0 spiro atoms. The maximum atomic E-state index is 10.6. The third kappa shape index (κ3) is 31.6. The summed E-state index contributed by atoms with van der Waals surface area (Å²) < 4.78 is 29.9. The molecule has 0 bridgehead atoms. The van der Waals surface area contributed by atoms with Gasteiger partial charge >= 0.3 is 0 Å². The number of rotatable bonds is 28. The zero-order valence-electron chi connectivity index (χ0n) is 22.9. The summed E-state index contributed by atoms with van der Waals surface area (Å²) in [5.74, 6) is -0.0811. The summed E-state index contributed by atoms with van der Waals surface area (Å²) in [5.41, 5.74) is 0. The zero-order valence-corrected chi connectivity index (χ0v) is 23.7. The van der Waals surface area contributed by atoms with Crippen LogP contribution in [0.5, 0.6) is 0 Å². The van der Waals surface area contributed by atoms with Gasteiger partial charge in [0.1, 0.15) is 0 Å². The molecule has 0 aliphatic carbocycles. The van der Waals surface area contributed by atoms with Gasteiger partial charge in [-0.15, -0.1) is 0 Å². The smallest absolute Gasteiger partial charge is 0.264 e. The summed E-state index contributed by atoms with van der Waals surface area (Å²) >= 11 is 0. The van der Waals surface area contributed by atoms with E-state index in [1.807, 2.05) is 0 Å². The number of allylic oxidation sites excluding steroid dienone is 2. The highest BCUT2D eigenvalue weighted by molar-refractivity contribution is 7.85. The van der Waals surface area contributed by atoms with Crippen LogP contribution in [0.3, 0.4) is 0 Å². The van der Waals surface area contributed by atoms with Crippen molar-refractivity contribution in [2.45, 2.75) is 174 Å². The van der Waals surface area contributed by atoms with Crippen LogP contribution < -0.4 is 0 Å². The van der Waals surface area contributed by atoms with E-state index in [0.717, 1.165) is 12.8 Å². The van der Waals surface area contributed by atoms with E-state index in [1.165, 1.54) is 148 Å². The standard InChI is InChI=1S/C30H60O3S/c1-2-3-4-5-6-7-8-9-10-11-12-13-14-15-16-17-18-19-20-21-22-23-24-25-26-27-28-29-30-34(31,32)33/h15-16H,2-14,17-30H2,1H3,(H,31,32,33). The first-order valence-corrected chi connectivity index (χ1v) is 16.8. The Bertz CT molecular complexity index is 513. The quantitative estimate of drug-likeness (QED) is 0.0660. The van der Waals surface area contributed by atoms with Gasteiger partial charge in [0.05, 0.1) is 5.75 Å². The Morgan fingerprint density at radius 2 is 0.706 bits per heavy atom. The van der Waals surface area contributed by atoms with Crippen LogP contribution in [0.15, 0.2) is 12.2 Å². The van der Waals surface area contributed by atoms with Gasteiger partial charge in [-0.1, -0.05) is 154 Å². The Hall–Kier alpha value is -0.350. The summed E-state index contributed by atoms with van der Waals surface area (Å²) in [6.07, 6.45) is 39.0. The molecule has 3 nitrogen and oxygen atoms in total. The van der Waals surface area contributed by atoms with E-state index in [2.05, 4.69) is 19.1 Å². The summed E-state index contributed by atoms with van der Waals surface area (Å²) in [5, 5.41) is 0. The van der Waals surface area contributed by atoms with E-state index in [4.69, 9.17) is 4.55 Å². The Kier molecular flexibility index (Phi) is 27.0. The lowest BCUT2D eigenvalue weighted by Gasteiger charge is -2.03. The number of hydrogen-bond donors (Lipinski definition) is 1. The zero-order chi connectivity index (χ0) is 25.0. The fraction of sp³-hybridized carbons (Fsp3) is 0.933. The second-order valence-corrected chi connectivity index (χ2v) is 12.0. The molecule has 0 amide bonds. The maximum absolute atomic E-state index is 10.6. The first kappa shape index (κ1) is 33.7. The van der Waals surface area contributed by atoms with Crippen LogP contribution in [0.2, 0.25) is 0 Å². The Morgan fingerprint density at radius 3 is 1.00 bits per heavy atom. The van der Waals surface area contributed by atoms with Gasteiger partial charge in [-0.3, -0.25) is 4.55 Å². The molecule has 0 saturated carbocycles. The second kappa shape index (κ2) is 27.2. The van der Waals surface area contributed by atoms with Crippen LogP contribution in [0.1, 0.15) is 174 Å². The van der Waals surface area contributed by atoms with Crippen molar-refractivity contribution in [1.82, 2.24) is 0 Å². The third-order valence-electron chi connectivity index (χ3n) is 6.91. The molecule has 4 heteroatoms. The molecule has 0 fully saturated rings. The van der Waals surface area contributed by atoms with E-state index in [0.29, 0.717) is 6.42 Å². The highest BCUT2D eigenvalue weighted by Gasteiger charge is 2.02. The maximum Gasteiger partial charge on any atom is 0.264 e. The SMILES string of the molecule is CCCCCCCCCCCCCCC=CCCCCCCCCCCCCCCS(=O)(=O)O. The molecule has 0 heterocycles. The van der Waals surface area contributed by atoms with E-state index in [1.54, 1.807) is 0 Å². The molecule has 0 atom stereocenters. The minimum absolute atomic E-state index is 0.0811. The molecule has 0 aliphatic heterocycles. The van der Waals surface area contributed by atoms with E-state index in [9.17, 15) is 8.42 Å². The highest BCUT2D eigenvalue weighted by Crippen LogP contribution is 2.14. The van der Waals surface area contributed by atoms with Crippen LogP contribution in [0.4, 0.5) is 0 Å². The molecular weight excluding hydrogens is 440 g/mol. The first-order chi connectivity index (χ1) is 16.6. The average molecular weight is 501 g/mol. The van der Waals surface area contributed by atoms with Crippen molar-refractivity contribution in [3.63, 3.8) is 0 Å². The number of hydrogen-bond acceptors (Lipinski definition) is 2. The van der Waals surface area contributed by atoms with Gasteiger partial charge in [0, 0.05) is 0 Å². The van der Waals surface area contributed by atoms with Gasteiger partial charge < -0.3 is 0 Å². The molecular formula is C30H60O3S. The van der Waals surface area contributed by atoms with E-state index in [-0.39, 0.29) is 5.75 Å². The van der Waals surface area contributed by atoms with Gasteiger partial charge in [0.2, 0.25) is 0 Å². The summed E-state index contributed by atoms with van der Waals surface area (Å²) in [6, 6.07) is 0. The topological polar surface area (TPSA) is 54.4 Å². The van der Waals surface area contributed by atoms with Crippen molar-refractivity contribution in [1.29, 1.82) is 0 Å². The predicted octanol–water partition coefficient (Wildman–Crippen LogP) is 10.6. The monoisotopic (exact) mass is 500 g/mol. The molecule has 0 radical (unpaired) electrons. The summed E-state index contributed by atoms with van der Waals surface area (Å²) in [7, 11) is -3.76. The third-order valence-corrected chi connectivity index (χ3v) is 7.72. The molecule has 204 valence electrons. The lowest BCUT2D eigenvalue weighted by Crippen LogP contribution is -2.03. The minimum atomic E-state index is -3.76. The van der Waals surface area contributed by atoms with Crippen molar-refractivity contribution >= 4 is 10.1 Å². The Morgan fingerprint density at radius 1 is 0.441 bits per heavy atom. The van der Waals surface area contributed by atoms with Gasteiger partial charge in [0.15, 0.2) is 0 Å². The molecule has 0 unspecified atom stereocenters. The van der Waals surface area contributed by atoms with Crippen LogP contribution in [0, 0.1) is 0 Å². The van der Waals surface area contributed by atoms with Crippen LogP contribution in [-0.2, 0) is 10.1 Å². The summed E-state index contributed by atoms with van der Waals surface area (Å²) in [4.78, 5) is 0. The largest absolute Gasteiger partial charge is 0.286 e. The lowest BCUT2D eigenvalue weighted by atomic mass is 10.0. The Labute approximate surface area is 214 Å². The van der Waals surface area contributed by atoms with Crippen molar-refractivity contribution in [3.8, 4) is 0 Å². The molecule has 0 saturated heterocycles. The predicted molar refractivity (Wildman–Crippen MR) is 151 cm³/mol. The molecule has 34 heavy (non-hydrogen) atoms. The van der Waals surface area contributed by atoms with Gasteiger partial charge in [-0.05, 0) is 32.1 Å². The van der Waals surface area contributed by atoms with Crippen LogP contribution >= 0.6 is 0 Å². The van der Waals surface area contributed by atoms with Gasteiger partial charge in [0.25, 0.3) is 10.1 Å². The first-order valence-electron chi connectivity index (χ1n) is 15.2.